The molecule has 0 aromatic heterocycles. The molecular weight excluding hydrogens is 299 g/mol. The average Bonchev–Trinajstić information content (AvgIpc) is 2.94. The van der Waals surface area contributed by atoms with Gasteiger partial charge in [-0.05, 0) is 23.4 Å². The van der Waals surface area contributed by atoms with Gasteiger partial charge >= 0.3 is 0 Å². The first-order valence-corrected chi connectivity index (χ1v) is 6.59. The van der Waals surface area contributed by atoms with Crippen LogP contribution < -0.4 is 5.01 Å². The fraction of sp³-hybridized carbons (Fsp3) is 0.118. The molecule has 0 amide bonds. The van der Waals surface area contributed by atoms with E-state index in [-0.39, 0.29) is 30.4 Å². The van der Waals surface area contributed by atoms with Crippen LogP contribution in [0.4, 0.5) is 5.69 Å². The van der Waals surface area contributed by atoms with Gasteiger partial charge < -0.3 is 4.79 Å². The van der Waals surface area contributed by atoms with Crippen LogP contribution in [0.1, 0.15) is 18.5 Å². The van der Waals surface area contributed by atoms with Gasteiger partial charge in [0.1, 0.15) is 0 Å². The monoisotopic (exact) mass is 314 g/mol. The molecule has 1 aliphatic rings. The Morgan fingerprint density at radius 1 is 1.05 bits per heavy atom. The van der Waals surface area contributed by atoms with Crippen LogP contribution in [0.5, 0.6) is 0 Å². The van der Waals surface area contributed by atoms with E-state index in [1.165, 1.54) is 0 Å². The van der Waals surface area contributed by atoms with Crippen LogP contribution in [0.3, 0.4) is 0 Å². The molecule has 2 aromatic rings. The third-order valence-corrected chi connectivity index (χ3v) is 3.32. The van der Waals surface area contributed by atoms with Crippen molar-refractivity contribution in [2.45, 2.75) is 13.0 Å². The zero-order valence-electron chi connectivity index (χ0n) is 11.7. The minimum atomic E-state index is -0.0301. The van der Waals surface area contributed by atoms with E-state index in [9.17, 15) is 4.79 Å². The number of para-hydroxylation sites is 1. The van der Waals surface area contributed by atoms with Gasteiger partial charge in [-0.2, -0.15) is 6.42 Å². The van der Waals surface area contributed by atoms with Crippen LogP contribution in [0.25, 0.3) is 0 Å². The van der Waals surface area contributed by atoms with Crippen molar-refractivity contribution in [3.8, 4) is 0 Å². The van der Waals surface area contributed by atoms with Crippen LogP contribution in [0.15, 0.2) is 65.8 Å². The van der Waals surface area contributed by atoms with Gasteiger partial charge in [-0.15, -0.1) is 0 Å². The number of hydrogen-bond acceptors (Lipinski definition) is 3. The molecule has 0 saturated carbocycles. The van der Waals surface area contributed by atoms with Crippen LogP contribution in [0.2, 0.25) is 0 Å². The molecule has 1 unspecified atom stereocenters. The van der Waals surface area contributed by atoms with Crippen LogP contribution >= 0.6 is 0 Å². The summed E-state index contributed by atoms with van der Waals surface area (Å²) in [7, 11) is 0. The second-order valence-electron chi connectivity index (χ2n) is 4.74. The first kappa shape index (κ1) is 15.4. The van der Waals surface area contributed by atoms with E-state index in [1.54, 1.807) is 6.92 Å². The van der Waals surface area contributed by atoms with E-state index in [0.717, 1.165) is 11.3 Å². The van der Waals surface area contributed by atoms with Crippen molar-refractivity contribution in [1.82, 2.24) is 0 Å². The molecular formula is C17H15N2OV-. The SMILES string of the molecule is CC(=O)C1=NN(c2ccccc2)C(c2ccccc2)[CH-]1.[V]. The second-order valence-corrected chi connectivity index (χ2v) is 4.74. The number of rotatable bonds is 3. The standard InChI is InChI=1S/C17H15N2O.V/c1-13(20)16-12-17(14-8-4-2-5-9-14)19(18-16)15-10-6-3-7-11-15;/h2-12,17H,1H3;/q-1;. The molecule has 0 fully saturated rings. The molecule has 0 aliphatic carbocycles. The zero-order chi connectivity index (χ0) is 13.9. The fourth-order valence-electron chi connectivity index (χ4n) is 2.31. The van der Waals surface area contributed by atoms with Gasteiger partial charge in [0, 0.05) is 30.4 Å². The maximum absolute atomic E-state index is 11.6. The smallest absolute Gasteiger partial charge is 0.0585 e. The predicted octanol–water partition coefficient (Wildman–Crippen LogP) is 3.39. The maximum atomic E-state index is 11.6. The molecule has 2 aromatic carbocycles. The summed E-state index contributed by atoms with van der Waals surface area (Å²) in [5, 5.41) is 6.36. The van der Waals surface area contributed by atoms with Gasteiger partial charge in [0.2, 0.25) is 0 Å². The normalized spacial score (nSPS) is 16.7. The number of hydrogen-bond donors (Lipinski definition) is 0. The Bertz CT molecular complexity index is 640. The van der Waals surface area contributed by atoms with Crippen molar-refractivity contribution in [1.29, 1.82) is 0 Å². The third-order valence-electron chi connectivity index (χ3n) is 3.32. The van der Waals surface area contributed by atoms with Crippen molar-refractivity contribution in [3.63, 3.8) is 0 Å². The van der Waals surface area contributed by atoms with Crippen molar-refractivity contribution in [3.05, 3.63) is 72.6 Å². The molecule has 21 heavy (non-hydrogen) atoms. The number of benzene rings is 2. The van der Waals surface area contributed by atoms with Crippen LogP contribution in [-0.4, -0.2) is 11.5 Å². The summed E-state index contributed by atoms with van der Waals surface area (Å²) in [5.41, 5.74) is 2.62. The molecule has 3 rings (SSSR count). The van der Waals surface area contributed by atoms with Crippen molar-refractivity contribution < 1.29 is 23.4 Å². The zero-order valence-corrected chi connectivity index (χ0v) is 13.1. The Kier molecular flexibility index (Phi) is 4.89. The van der Waals surface area contributed by atoms with Gasteiger partial charge in [-0.1, -0.05) is 55.5 Å². The van der Waals surface area contributed by atoms with Crippen molar-refractivity contribution >= 4 is 17.2 Å². The average molecular weight is 314 g/mol. The van der Waals surface area contributed by atoms with E-state index in [4.69, 9.17) is 0 Å². The summed E-state index contributed by atoms with van der Waals surface area (Å²) < 4.78 is 0. The second kappa shape index (κ2) is 6.66. The summed E-state index contributed by atoms with van der Waals surface area (Å²) in [4.78, 5) is 11.6. The number of hydrazone groups is 1. The summed E-state index contributed by atoms with van der Waals surface area (Å²) in [6.45, 7) is 1.55. The molecule has 3 nitrogen and oxygen atoms in total. The third kappa shape index (κ3) is 3.21. The molecule has 0 saturated heterocycles. The number of ketones is 1. The topological polar surface area (TPSA) is 32.7 Å². The number of carbonyl (C=O) groups is 1. The molecule has 0 spiro atoms. The largest absolute Gasteiger partial charge is 0.405 e. The number of Topliss-reactive ketones (excluding diaryl/α,β-unsaturated/α-hetero) is 1. The van der Waals surface area contributed by atoms with Gasteiger partial charge in [0.15, 0.2) is 0 Å². The van der Waals surface area contributed by atoms with Crippen LogP contribution in [-0.2, 0) is 23.4 Å². The first-order valence-electron chi connectivity index (χ1n) is 6.59. The Balaban J connectivity index is 0.00000161. The molecule has 1 atom stereocenters. The maximum Gasteiger partial charge on any atom is 0.0585 e. The molecule has 105 valence electrons. The summed E-state index contributed by atoms with van der Waals surface area (Å²) in [6, 6.07) is 20.0. The Labute approximate surface area is 136 Å². The van der Waals surface area contributed by atoms with E-state index in [1.807, 2.05) is 60.0 Å². The van der Waals surface area contributed by atoms with E-state index >= 15 is 0 Å². The molecule has 0 bridgehead atoms. The summed E-state index contributed by atoms with van der Waals surface area (Å²) in [5.74, 6) is -0.00985. The minimum absolute atomic E-state index is 0. The summed E-state index contributed by atoms with van der Waals surface area (Å²) >= 11 is 0. The molecule has 1 aliphatic heterocycles. The Hall–Kier alpha value is -1.97. The van der Waals surface area contributed by atoms with E-state index in [2.05, 4.69) is 17.2 Å². The Morgan fingerprint density at radius 3 is 2.19 bits per heavy atom. The van der Waals surface area contributed by atoms with Crippen LogP contribution in [0, 0.1) is 6.42 Å². The molecule has 0 N–H and O–H groups in total. The molecule has 1 heterocycles. The minimum Gasteiger partial charge on any atom is -0.405 e. The molecule has 4 heteroatoms. The quantitative estimate of drug-likeness (QED) is 0.814. The van der Waals surface area contributed by atoms with Crippen molar-refractivity contribution in [2.75, 3.05) is 5.01 Å². The molecule has 1 radical (unpaired) electrons. The van der Waals surface area contributed by atoms with E-state index < -0.39 is 0 Å². The predicted molar refractivity (Wildman–Crippen MR) is 80.5 cm³/mol. The van der Waals surface area contributed by atoms with Gasteiger partial charge in [0.25, 0.3) is 0 Å². The summed E-state index contributed by atoms with van der Waals surface area (Å²) in [6.07, 6.45) is 1.92. The number of carbonyl (C=O) groups excluding carboxylic acids is 1. The first-order chi connectivity index (χ1) is 9.75. The van der Waals surface area contributed by atoms with Gasteiger partial charge in [-0.3, -0.25) is 5.01 Å². The number of anilines is 1. The van der Waals surface area contributed by atoms with Crippen molar-refractivity contribution in [2.24, 2.45) is 5.10 Å². The van der Waals surface area contributed by atoms with Gasteiger partial charge in [0.05, 0.1) is 5.69 Å². The van der Waals surface area contributed by atoms with Gasteiger partial charge in [-0.25, -0.2) is 5.10 Å². The fourth-order valence-corrected chi connectivity index (χ4v) is 2.31. The Morgan fingerprint density at radius 2 is 1.62 bits per heavy atom. The van der Waals surface area contributed by atoms with E-state index in [0.29, 0.717) is 5.71 Å². The number of nitrogens with zero attached hydrogens (tertiary/aromatic N) is 2.